The van der Waals surface area contributed by atoms with Gasteiger partial charge in [0.05, 0.1) is 10.6 Å². The molecule has 1 fully saturated rings. The number of hydrogen-bond donors (Lipinski definition) is 1. The van der Waals surface area contributed by atoms with E-state index in [0.717, 1.165) is 31.2 Å². The van der Waals surface area contributed by atoms with E-state index in [4.69, 9.17) is 16.3 Å². The van der Waals surface area contributed by atoms with Crippen LogP contribution in [-0.4, -0.2) is 28.9 Å². The molecule has 158 valence electrons. The van der Waals surface area contributed by atoms with Gasteiger partial charge in [-0.1, -0.05) is 49.9 Å². The van der Waals surface area contributed by atoms with Crippen molar-refractivity contribution < 1.29 is 14.3 Å². The van der Waals surface area contributed by atoms with Gasteiger partial charge in [0.1, 0.15) is 5.75 Å². The Hall–Kier alpha value is -2.53. The molecule has 1 saturated carbocycles. The first-order valence-electron chi connectivity index (χ1n) is 10.7. The van der Waals surface area contributed by atoms with E-state index < -0.39 is 6.10 Å². The molecule has 4 rings (SSSR count). The fourth-order valence-electron chi connectivity index (χ4n) is 4.35. The molecule has 2 aliphatic rings. The fourth-order valence-corrected chi connectivity index (χ4v) is 4.57. The first kappa shape index (κ1) is 20.7. The monoisotopic (exact) mass is 426 g/mol. The lowest BCUT2D eigenvalue weighted by Crippen LogP contribution is -2.45. The summed E-state index contributed by atoms with van der Waals surface area (Å²) in [6.45, 7) is 2.48. The minimum Gasteiger partial charge on any atom is -0.480 e. The quantitative estimate of drug-likeness (QED) is 0.709. The van der Waals surface area contributed by atoms with Crippen LogP contribution in [0, 0.1) is 0 Å². The van der Waals surface area contributed by atoms with Crippen LogP contribution < -0.4 is 10.1 Å². The van der Waals surface area contributed by atoms with Crippen LogP contribution in [0.1, 0.15) is 61.4 Å². The van der Waals surface area contributed by atoms with Gasteiger partial charge in [-0.05, 0) is 49.6 Å². The minimum absolute atomic E-state index is 0.0715. The summed E-state index contributed by atoms with van der Waals surface area (Å²) in [4.78, 5) is 27.8. The Kier molecular flexibility index (Phi) is 6.28. The predicted molar refractivity (Wildman–Crippen MR) is 118 cm³/mol. The summed E-state index contributed by atoms with van der Waals surface area (Å²) in [5.74, 6) is 0.522. The van der Waals surface area contributed by atoms with Crippen LogP contribution >= 0.6 is 11.6 Å². The Morgan fingerprint density at radius 3 is 2.67 bits per heavy atom. The van der Waals surface area contributed by atoms with Crippen molar-refractivity contribution >= 4 is 29.1 Å². The number of carbonyl (C=O) groups excluding carboxylic acids is 2. The largest absolute Gasteiger partial charge is 0.480 e. The number of benzene rings is 2. The number of halogens is 1. The summed E-state index contributed by atoms with van der Waals surface area (Å²) in [6.07, 6.45) is 5.81. The maximum absolute atomic E-state index is 13.1. The zero-order chi connectivity index (χ0) is 21.1. The van der Waals surface area contributed by atoms with Gasteiger partial charge in [0.2, 0.25) is 0 Å². The molecule has 0 radical (unpaired) electrons. The van der Waals surface area contributed by atoms with Crippen molar-refractivity contribution in [1.82, 2.24) is 4.90 Å². The van der Waals surface area contributed by atoms with E-state index in [0.29, 0.717) is 35.0 Å². The molecule has 1 aliphatic carbocycles. The van der Waals surface area contributed by atoms with E-state index >= 15 is 0 Å². The van der Waals surface area contributed by atoms with E-state index in [1.54, 1.807) is 30.3 Å². The molecule has 1 heterocycles. The Morgan fingerprint density at radius 1 is 1.17 bits per heavy atom. The Bertz CT molecular complexity index is 940. The van der Waals surface area contributed by atoms with Crippen molar-refractivity contribution in [3.05, 3.63) is 58.6 Å². The lowest BCUT2D eigenvalue weighted by molar-refractivity contribution is -0.141. The van der Waals surface area contributed by atoms with E-state index in [-0.39, 0.29) is 17.9 Å². The normalized spacial score (nSPS) is 19.6. The van der Waals surface area contributed by atoms with Crippen molar-refractivity contribution in [2.24, 2.45) is 0 Å². The molecule has 2 aromatic carbocycles. The van der Waals surface area contributed by atoms with Gasteiger partial charge < -0.3 is 15.0 Å². The number of ether oxygens (including phenoxy) is 1. The third kappa shape index (κ3) is 4.31. The summed E-state index contributed by atoms with van der Waals surface area (Å²) in [5, 5.41) is 3.33. The highest BCUT2D eigenvalue weighted by molar-refractivity contribution is 6.34. The highest BCUT2D eigenvalue weighted by Crippen LogP contribution is 2.33. The number of fused-ring (bicyclic) bond motifs is 1. The second kappa shape index (κ2) is 9.09. The van der Waals surface area contributed by atoms with Crippen LogP contribution in [0.2, 0.25) is 5.02 Å². The van der Waals surface area contributed by atoms with Crippen LogP contribution in [-0.2, 0) is 11.3 Å². The van der Waals surface area contributed by atoms with Gasteiger partial charge in [-0.25, -0.2) is 0 Å². The molecule has 0 unspecified atom stereocenters. The Balaban J connectivity index is 1.60. The predicted octanol–water partition coefficient (Wildman–Crippen LogP) is 5.42. The van der Waals surface area contributed by atoms with Gasteiger partial charge in [-0.15, -0.1) is 0 Å². The first-order valence-corrected chi connectivity index (χ1v) is 11.1. The second-order valence-electron chi connectivity index (χ2n) is 8.03. The molecule has 0 spiro atoms. The number of nitrogens with zero attached hydrogens (tertiary/aromatic N) is 1. The number of amides is 2. The molecular formula is C24H27ClN2O3. The number of rotatable bonds is 4. The molecule has 1 N–H and O–H groups in total. The third-order valence-electron chi connectivity index (χ3n) is 5.99. The summed E-state index contributed by atoms with van der Waals surface area (Å²) < 4.78 is 6.08. The summed E-state index contributed by atoms with van der Waals surface area (Å²) in [5.41, 5.74) is 2.01. The number of hydrogen-bond acceptors (Lipinski definition) is 3. The second-order valence-corrected chi connectivity index (χ2v) is 8.44. The number of nitrogens with one attached hydrogen (secondary N) is 1. The summed E-state index contributed by atoms with van der Waals surface area (Å²) in [6, 6.07) is 12.8. The molecule has 6 heteroatoms. The van der Waals surface area contributed by atoms with E-state index in [1.807, 2.05) is 24.0 Å². The van der Waals surface area contributed by atoms with Crippen molar-refractivity contribution in [2.45, 2.75) is 64.1 Å². The average Bonchev–Trinajstić information content (AvgIpc) is 2.90. The standard InChI is InChI=1S/C24H27ClN2O3/c1-2-21-24(29)27(18-8-4-3-5-9-18)15-16-14-17(12-13-22(16)30-21)26-23(28)19-10-6-7-11-20(19)25/h6-7,10-14,18,21H,2-5,8-9,15H2,1H3,(H,26,28)/t21-/m1/s1. The fraction of sp³-hybridized carbons (Fsp3) is 0.417. The Morgan fingerprint density at radius 2 is 1.93 bits per heavy atom. The third-order valence-corrected chi connectivity index (χ3v) is 6.32. The lowest BCUT2D eigenvalue weighted by atomic mass is 9.93. The topological polar surface area (TPSA) is 58.6 Å². The minimum atomic E-state index is -0.461. The average molecular weight is 427 g/mol. The summed E-state index contributed by atoms with van der Waals surface area (Å²) >= 11 is 6.15. The van der Waals surface area contributed by atoms with Crippen LogP contribution in [0.4, 0.5) is 5.69 Å². The molecule has 0 saturated heterocycles. The van der Waals surface area contributed by atoms with Gasteiger partial charge in [0.15, 0.2) is 6.10 Å². The molecule has 2 amide bonds. The van der Waals surface area contributed by atoms with E-state index in [2.05, 4.69) is 5.32 Å². The maximum atomic E-state index is 13.1. The molecule has 1 atom stereocenters. The lowest BCUT2D eigenvalue weighted by Gasteiger charge is -2.34. The van der Waals surface area contributed by atoms with Gasteiger partial charge in [0, 0.05) is 23.8 Å². The van der Waals surface area contributed by atoms with Crippen molar-refractivity contribution in [2.75, 3.05) is 5.32 Å². The van der Waals surface area contributed by atoms with Crippen LogP contribution in [0.3, 0.4) is 0 Å². The summed E-state index contributed by atoms with van der Waals surface area (Å²) in [7, 11) is 0. The molecule has 1 aliphatic heterocycles. The first-order chi connectivity index (χ1) is 14.6. The smallest absolute Gasteiger partial charge is 0.264 e. The van der Waals surface area contributed by atoms with Crippen molar-refractivity contribution in [1.29, 1.82) is 0 Å². The number of carbonyl (C=O) groups is 2. The molecule has 5 nitrogen and oxygen atoms in total. The van der Waals surface area contributed by atoms with E-state index in [1.165, 1.54) is 6.42 Å². The molecule has 0 aromatic heterocycles. The molecule has 2 aromatic rings. The number of anilines is 1. The maximum Gasteiger partial charge on any atom is 0.264 e. The van der Waals surface area contributed by atoms with Gasteiger partial charge in [-0.2, -0.15) is 0 Å². The molecule has 0 bridgehead atoms. The molecule has 30 heavy (non-hydrogen) atoms. The highest BCUT2D eigenvalue weighted by atomic mass is 35.5. The van der Waals surface area contributed by atoms with Crippen LogP contribution in [0.5, 0.6) is 5.75 Å². The zero-order valence-electron chi connectivity index (χ0n) is 17.2. The van der Waals surface area contributed by atoms with Crippen LogP contribution in [0.15, 0.2) is 42.5 Å². The molecular weight excluding hydrogens is 400 g/mol. The van der Waals surface area contributed by atoms with Crippen molar-refractivity contribution in [3.63, 3.8) is 0 Å². The Labute approximate surface area is 182 Å². The van der Waals surface area contributed by atoms with E-state index in [9.17, 15) is 9.59 Å². The highest BCUT2D eigenvalue weighted by Gasteiger charge is 2.34. The zero-order valence-corrected chi connectivity index (χ0v) is 18.0. The van der Waals surface area contributed by atoms with Gasteiger partial charge in [0.25, 0.3) is 11.8 Å². The SMILES string of the molecule is CC[C@H]1Oc2ccc(NC(=O)c3ccccc3Cl)cc2CN(C2CCCCC2)C1=O. The van der Waals surface area contributed by atoms with Gasteiger partial charge in [-0.3, -0.25) is 9.59 Å². The van der Waals surface area contributed by atoms with Crippen molar-refractivity contribution in [3.8, 4) is 5.75 Å². The van der Waals surface area contributed by atoms with Gasteiger partial charge >= 0.3 is 0 Å². The van der Waals surface area contributed by atoms with Crippen LogP contribution in [0.25, 0.3) is 0 Å².